The third-order valence-electron chi connectivity index (χ3n) is 6.52. The molecule has 1 aromatic carbocycles. The average Bonchev–Trinajstić information content (AvgIpc) is 3.47. The maximum atomic E-state index is 13.3. The third-order valence-corrected chi connectivity index (χ3v) is 7.56. The molecule has 33 heavy (non-hydrogen) atoms. The van der Waals surface area contributed by atoms with E-state index in [0.717, 1.165) is 12.0 Å². The van der Waals surface area contributed by atoms with Gasteiger partial charge < -0.3 is 13.9 Å². The molecule has 174 valence electrons. The Bertz CT molecular complexity index is 1460. The molecule has 2 N–H and O–H groups in total. The van der Waals surface area contributed by atoms with Gasteiger partial charge in [-0.2, -0.15) is 0 Å². The van der Waals surface area contributed by atoms with Crippen LogP contribution >= 0.6 is 11.6 Å². The van der Waals surface area contributed by atoms with Gasteiger partial charge in [-0.25, -0.2) is 18.5 Å². The van der Waals surface area contributed by atoms with Crippen molar-refractivity contribution in [2.24, 2.45) is 10.6 Å². The van der Waals surface area contributed by atoms with E-state index in [1.54, 1.807) is 19.9 Å². The number of rotatable bonds is 5. The van der Waals surface area contributed by atoms with E-state index >= 15 is 0 Å². The second-order valence-corrected chi connectivity index (χ2v) is 10.9. The van der Waals surface area contributed by atoms with Gasteiger partial charge in [0.25, 0.3) is 10.0 Å². The first-order valence-corrected chi connectivity index (χ1v) is 12.4. The second kappa shape index (κ2) is 7.53. The van der Waals surface area contributed by atoms with Gasteiger partial charge in [0.05, 0.1) is 18.6 Å². The molecule has 1 saturated heterocycles. The number of primary sulfonamides is 1. The van der Waals surface area contributed by atoms with Gasteiger partial charge in [0.15, 0.2) is 11.2 Å². The van der Waals surface area contributed by atoms with Gasteiger partial charge in [-0.1, -0.05) is 11.6 Å². The van der Waals surface area contributed by atoms with Gasteiger partial charge in [0.2, 0.25) is 5.03 Å². The lowest BCUT2D eigenvalue weighted by molar-refractivity contribution is -0.0540. The number of ether oxygens (including phenoxy) is 2. The maximum Gasteiger partial charge on any atom is 0.259 e. The predicted molar refractivity (Wildman–Crippen MR) is 122 cm³/mol. The van der Waals surface area contributed by atoms with E-state index in [0.29, 0.717) is 41.1 Å². The molecular formula is C23H23ClN2O6S. The zero-order chi connectivity index (χ0) is 23.7. The topological polar surface area (TPSA) is 122 Å². The summed E-state index contributed by atoms with van der Waals surface area (Å²) < 4.78 is 41.7. The van der Waals surface area contributed by atoms with E-state index < -0.39 is 21.2 Å². The summed E-state index contributed by atoms with van der Waals surface area (Å²) in [6.45, 7) is 6.77. The van der Waals surface area contributed by atoms with Crippen molar-refractivity contribution in [3.63, 3.8) is 0 Å². The van der Waals surface area contributed by atoms with E-state index in [1.165, 1.54) is 12.1 Å². The number of hydrogen-bond acceptors (Lipinski definition) is 7. The molecule has 2 atom stereocenters. The SMILES string of the molecule is Cc1cc(C(C)Oc2ccc(Cl)nc2S(N)(=O)=O)c2oc(C3CC34COC4)c(C)c(=O)c2c1. The van der Waals surface area contributed by atoms with Crippen molar-refractivity contribution < 1.29 is 22.3 Å². The Kier molecular flexibility index (Phi) is 5.09. The van der Waals surface area contributed by atoms with E-state index in [-0.39, 0.29) is 27.7 Å². The van der Waals surface area contributed by atoms with Crippen LogP contribution in [0.4, 0.5) is 0 Å². The molecule has 5 rings (SSSR count). The van der Waals surface area contributed by atoms with E-state index in [1.807, 2.05) is 13.0 Å². The van der Waals surface area contributed by atoms with Crippen molar-refractivity contribution in [2.45, 2.75) is 44.2 Å². The summed E-state index contributed by atoms with van der Waals surface area (Å²) in [5.41, 5.74) is 2.52. The fourth-order valence-corrected chi connectivity index (χ4v) is 5.39. The molecule has 3 heterocycles. The first-order chi connectivity index (χ1) is 15.5. The van der Waals surface area contributed by atoms with Crippen molar-refractivity contribution in [3.8, 4) is 5.75 Å². The Hall–Kier alpha value is -2.46. The zero-order valence-electron chi connectivity index (χ0n) is 18.3. The van der Waals surface area contributed by atoms with Crippen molar-refractivity contribution >= 4 is 32.6 Å². The monoisotopic (exact) mass is 490 g/mol. The van der Waals surface area contributed by atoms with Crippen LogP contribution in [0.3, 0.4) is 0 Å². The summed E-state index contributed by atoms with van der Waals surface area (Å²) in [6, 6.07) is 6.48. The summed E-state index contributed by atoms with van der Waals surface area (Å²) in [6.07, 6.45) is 0.263. The Morgan fingerprint density at radius 2 is 2.00 bits per heavy atom. The number of halogens is 1. The number of fused-ring (bicyclic) bond motifs is 1. The summed E-state index contributed by atoms with van der Waals surface area (Å²) in [7, 11) is -4.17. The average molecular weight is 491 g/mol. The molecule has 0 radical (unpaired) electrons. The van der Waals surface area contributed by atoms with Crippen LogP contribution in [-0.4, -0.2) is 26.6 Å². The number of nitrogens with two attached hydrogens (primary N) is 1. The third kappa shape index (κ3) is 3.73. The number of sulfonamides is 1. The summed E-state index contributed by atoms with van der Waals surface area (Å²) in [5.74, 6) is 0.807. The standard InChI is InChI=1S/C23H23ClN2O6S/c1-11-6-14(13(3)31-17-4-5-18(24)26-22(17)33(25,28)29)21-15(7-11)19(27)12(2)20(32-21)16-8-23(16)9-30-10-23/h4-7,13,16H,8-10H2,1-3H3,(H2,25,28,29). The molecule has 1 saturated carbocycles. The summed E-state index contributed by atoms with van der Waals surface area (Å²) in [4.78, 5) is 17.1. The fourth-order valence-electron chi connectivity index (χ4n) is 4.57. The predicted octanol–water partition coefficient (Wildman–Crippen LogP) is 3.75. The molecule has 2 aliphatic rings. The molecule has 10 heteroatoms. The molecule has 1 spiro atoms. The minimum atomic E-state index is -4.17. The zero-order valence-corrected chi connectivity index (χ0v) is 19.9. The van der Waals surface area contributed by atoms with Gasteiger partial charge >= 0.3 is 0 Å². The number of benzene rings is 1. The van der Waals surface area contributed by atoms with Gasteiger partial charge in [0.1, 0.15) is 22.6 Å². The first kappa shape index (κ1) is 22.3. The van der Waals surface area contributed by atoms with Gasteiger partial charge in [-0.05, 0) is 57.0 Å². The van der Waals surface area contributed by atoms with Crippen LogP contribution in [-0.2, 0) is 14.8 Å². The van der Waals surface area contributed by atoms with Crippen molar-refractivity contribution in [1.29, 1.82) is 0 Å². The molecule has 0 bridgehead atoms. The van der Waals surface area contributed by atoms with Crippen LogP contribution in [0, 0.1) is 19.3 Å². The highest BCUT2D eigenvalue weighted by Gasteiger charge is 2.61. The lowest BCUT2D eigenvalue weighted by Crippen LogP contribution is -2.31. The van der Waals surface area contributed by atoms with Crippen molar-refractivity contribution in [1.82, 2.24) is 4.98 Å². The minimum Gasteiger partial charge on any atom is -0.483 e. The van der Waals surface area contributed by atoms with Crippen molar-refractivity contribution in [3.05, 3.63) is 62.1 Å². The molecule has 8 nitrogen and oxygen atoms in total. The Labute approximate surface area is 195 Å². The normalized spacial score (nSPS) is 20.0. The molecule has 1 aliphatic heterocycles. The lowest BCUT2D eigenvalue weighted by atomic mass is 9.97. The Morgan fingerprint density at radius 3 is 2.61 bits per heavy atom. The highest BCUT2D eigenvalue weighted by Crippen LogP contribution is 2.64. The fraction of sp³-hybridized carbons (Fsp3) is 0.391. The molecule has 2 aromatic heterocycles. The Balaban J connectivity index is 1.61. The van der Waals surface area contributed by atoms with Crippen LogP contribution < -0.4 is 15.3 Å². The Morgan fingerprint density at radius 1 is 1.27 bits per heavy atom. The smallest absolute Gasteiger partial charge is 0.259 e. The molecular weight excluding hydrogens is 468 g/mol. The van der Waals surface area contributed by atoms with E-state index in [9.17, 15) is 13.2 Å². The second-order valence-electron chi connectivity index (χ2n) is 9.01. The lowest BCUT2D eigenvalue weighted by Gasteiger charge is -2.27. The largest absolute Gasteiger partial charge is 0.483 e. The van der Waals surface area contributed by atoms with Crippen LogP contribution in [0.2, 0.25) is 5.15 Å². The number of aryl methyl sites for hydroxylation is 1. The molecule has 2 unspecified atom stereocenters. The maximum absolute atomic E-state index is 13.3. The van der Waals surface area contributed by atoms with Crippen LogP contribution in [0.15, 0.2) is 38.5 Å². The molecule has 2 fully saturated rings. The molecule has 1 aliphatic carbocycles. The molecule has 3 aromatic rings. The van der Waals surface area contributed by atoms with E-state index in [2.05, 4.69) is 4.98 Å². The quantitative estimate of drug-likeness (QED) is 0.540. The van der Waals surface area contributed by atoms with Crippen LogP contribution in [0.25, 0.3) is 11.0 Å². The highest BCUT2D eigenvalue weighted by atomic mass is 35.5. The minimum absolute atomic E-state index is 0.0236. The number of hydrogen-bond donors (Lipinski definition) is 1. The van der Waals surface area contributed by atoms with E-state index in [4.69, 9.17) is 30.6 Å². The van der Waals surface area contributed by atoms with Gasteiger partial charge in [-0.3, -0.25) is 4.79 Å². The van der Waals surface area contributed by atoms with Crippen molar-refractivity contribution in [2.75, 3.05) is 13.2 Å². The summed E-state index contributed by atoms with van der Waals surface area (Å²) in [5, 5.41) is 5.28. The van der Waals surface area contributed by atoms with Gasteiger partial charge in [-0.15, -0.1) is 0 Å². The van der Waals surface area contributed by atoms with Crippen LogP contribution in [0.1, 0.15) is 47.8 Å². The van der Waals surface area contributed by atoms with Gasteiger partial charge in [0, 0.05) is 22.5 Å². The van der Waals surface area contributed by atoms with Crippen LogP contribution in [0.5, 0.6) is 5.75 Å². The summed E-state index contributed by atoms with van der Waals surface area (Å²) >= 11 is 5.85. The highest BCUT2D eigenvalue weighted by molar-refractivity contribution is 7.89. The number of nitrogens with zero attached hydrogens (tertiary/aromatic N) is 1. The number of pyridine rings is 1. The first-order valence-electron chi connectivity index (χ1n) is 10.5. The molecule has 0 amide bonds. The number of aromatic nitrogens is 1.